The van der Waals surface area contributed by atoms with Crippen LogP contribution in [0.3, 0.4) is 0 Å². The van der Waals surface area contributed by atoms with Crippen LogP contribution in [0.15, 0.2) is 0 Å². The molecule has 0 aromatic rings. The molecule has 0 aromatic heterocycles. The van der Waals surface area contributed by atoms with Crippen LogP contribution in [0.4, 0.5) is 0 Å². The largest absolute Gasteiger partial charge is 0.368 e. The van der Waals surface area contributed by atoms with Gasteiger partial charge in [-0.1, -0.05) is 13.3 Å². The molecule has 2 heterocycles. The summed E-state index contributed by atoms with van der Waals surface area (Å²) in [6, 6.07) is 0.198. The lowest BCUT2D eigenvalue weighted by molar-refractivity contribution is -0.160. The van der Waals surface area contributed by atoms with Gasteiger partial charge in [0.05, 0.1) is 5.92 Å². The highest BCUT2D eigenvalue weighted by molar-refractivity contribution is 5.87. The normalized spacial score (nSPS) is 25.1. The van der Waals surface area contributed by atoms with E-state index in [1.807, 2.05) is 11.8 Å². The highest BCUT2D eigenvalue weighted by atomic mass is 16.5. The van der Waals surface area contributed by atoms with Gasteiger partial charge in [0.1, 0.15) is 5.60 Å². The molecule has 6 nitrogen and oxygen atoms in total. The summed E-state index contributed by atoms with van der Waals surface area (Å²) in [7, 11) is 1.63. The molecule has 24 heavy (non-hydrogen) atoms. The van der Waals surface area contributed by atoms with Gasteiger partial charge in [0.15, 0.2) is 0 Å². The number of amides is 2. The molecule has 2 amide bonds. The number of hydrogen-bond acceptors (Lipinski definition) is 4. The Morgan fingerprint density at radius 1 is 1.38 bits per heavy atom. The number of carbonyl (C=O) groups excluding carboxylic acids is 2. The summed E-state index contributed by atoms with van der Waals surface area (Å²) in [5.41, 5.74) is -0.709. The van der Waals surface area contributed by atoms with E-state index in [1.54, 1.807) is 7.11 Å². The van der Waals surface area contributed by atoms with Gasteiger partial charge in [0, 0.05) is 26.2 Å². The molecule has 2 unspecified atom stereocenters. The van der Waals surface area contributed by atoms with Gasteiger partial charge in [-0.05, 0) is 52.1 Å². The van der Waals surface area contributed by atoms with Crippen molar-refractivity contribution in [1.29, 1.82) is 0 Å². The molecular weight excluding hydrogens is 306 g/mol. The van der Waals surface area contributed by atoms with Gasteiger partial charge in [-0.2, -0.15) is 0 Å². The van der Waals surface area contributed by atoms with Crippen LogP contribution in [0.2, 0.25) is 0 Å². The zero-order valence-electron chi connectivity index (χ0n) is 15.4. The lowest BCUT2D eigenvalue weighted by Crippen LogP contribution is -2.58. The third-order valence-corrected chi connectivity index (χ3v) is 5.38. The van der Waals surface area contributed by atoms with Crippen LogP contribution in [0.1, 0.15) is 52.4 Å². The van der Waals surface area contributed by atoms with E-state index in [0.29, 0.717) is 19.4 Å². The van der Waals surface area contributed by atoms with Crippen LogP contribution >= 0.6 is 0 Å². The SMILES string of the molecule is CCCC(C)NC(=O)C1CCCN(C(=O)C2(OC)CCNCC2)C1. The number of rotatable bonds is 6. The molecule has 2 saturated heterocycles. The van der Waals surface area contributed by atoms with Crippen molar-refractivity contribution in [3.8, 4) is 0 Å². The number of nitrogens with zero attached hydrogens (tertiary/aromatic N) is 1. The van der Waals surface area contributed by atoms with Crippen molar-refractivity contribution in [1.82, 2.24) is 15.5 Å². The molecule has 2 N–H and O–H groups in total. The molecule has 0 spiro atoms. The third-order valence-electron chi connectivity index (χ3n) is 5.38. The van der Waals surface area contributed by atoms with Crippen molar-refractivity contribution in [3.63, 3.8) is 0 Å². The number of carbonyl (C=O) groups is 2. The number of methoxy groups -OCH3 is 1. The summed E-state index contributed by atoms with van der Waals surface area (Å²) < 4.78 is 5.65. The minimum atomic E-state index is -0.709. The maximum Gasteiger partial charge on any atom is 0.254 e. The second kappa shape index (κ2) is 8.81. The summed E-state index contributed by atoms with van der Waals surface area (Å²) in [5, 5.41) is 6.37. The maximum atomic E-state index is 13.0. The van der Waals surface area contributed by atoms with Crippen molar-refractivity contribution in [2.45, 2.75) is 64.0 Å². The Morgan fingerprint density at radius 3 is 2.71 bits per heavy atom. The highest BCUT2D eigenvalue weighted by Gasteiger charge is 2.43. The summed E-state index contributed by atoms with van der Waals surface area (Å²) in [5.74, 6) is 0.0495. The molecule has 0 bridgehead atoms. The summed E-state index contributed by atoms with van der Waals surface area (Å²) >= 11 is 0. The fourth-order valence-corrected chi connectivity index (χ4v) is 3.87. The van der Waals surface area contributed by atoms with Crippen molar-refractivity contribution >= 4 is 11.8 Å². The molecule has 2 fully saturated rings. The van der Waals surface area contributed by atoms with Crippen LogP contribution in [0.25, 0.3) is 0 Å². The summed E-state index contributed by atoms with van der Waals surface area (Å²) in [4.78, 5) is 27.4. The predicted molar refractivity (Wildman–Crippen MR) is 93.7 cm³/mol. The number of nitrogens with one attached hydrogen (secondary N) is 2. The Hall–Kier alpha value is -1.14. The fraction of sp³-hybridized carbons (Fsp3) is 0.889. The standard InChI is InChI=1S/C18H33N3O3/c1-4-6-14(2)20-16(22)15-7-5-12-21(13-15)17(23)18(24-3)8-10-19-11-9-18/h14-15,19H,4-13H2,1-3H3,(H,20,22). The van der Waals surface area contributed by atoms with E-state index in [-0.39, 0.29) is 23.8 Å². The minimum Gasteiger partial charge on any atom is -0.368 e. The Labute approximate surface area is 145 Å². The van der Waals surface area contributed by atoms with E-state index in [1.165, 1.54) is 0 Å². The van der Waals surface area contributed by atoms with E-state index in [0.717, 1.165) is 45.3 Å². The van der Waals surface area contributed by atoms with Crippen molar-refractivity contribution in [2.75, 3.05) is 33.3 Å². The molecule has 0 radical (unpaired) electrons. The van der Waals surface area contributed by atoms with E-state index in [4.69, 9.17) is 4.74 Å². The Kier molecular flexibility index (Phi) is 7.04. The van der Waals surface area contributed by atoms with Gasteiger partial charge in [-0.3, -0.25) is 9.59 Å². The Morgan fingerprint density at radius 2 is 2.08 bits per heavy atom. The van der Waals surface area contributed by atoms with Crippen LogP contribution in [-0.4, -0.2) is 61.6 Å². The van der Waals surface area contributed by atoms with Crippen molar-refractivity contribution < 1.29 is 14.3 Å². The smallest absolute Gasteiger partial charge is 0.254 e. The molecule has 0 aliphatic carbocycles. The molecule has 2 atom stereocenters. The number of likely N-dealkylation sites (tertiary alicyclic amines) is 1. The predicted octanol–water partition coefficient (Wildman–Crippen LogP) is 1.30. The first-order valence-corrected chi connectivity index (χ1v) is 9.38. The molecule has 0 saturated carbocycles. The first kappa shape index (κ1) is 19.2. The van der Waals surface area contributed by atoms with E-state index in [9.17, 15) is 9.59 Å². The molecule has 6 heteroatoms. The fourth-order valence-electron chi connectivity index (χ4n) is 3.87. The number of hydrogen-bond donors (Lipinski definition) is 2. The monoisotopic (exact) mass is 339 g/mol. The molecular formula is C18H33N3O3. The van der Waals surface area contributed by atoms with Gasteiger partial charge >= 0.3 is 0 Å². The molecule has 138 valence electrons. The van der Waals surface area contributed by atoms with Gasteiger partial charge in [0.25, 0.3) is 5.91 Å². The average molecular weight is 339 g/mol. The zero-order chi connectivity index (χ0) is 17.6. The lowest BCUT2D eigenvalue weighted by Gasteiger charge is -2.41. The van der Waals surface area contributed by atoms with Gasteiger partial charge in [-0.25, -0.2) is 0 Å². The number of ether oxygens (including phenoxy) is 1. The third kappa shape index (κ3) is 4.48. The Bertz CT molecular complexity index is 435. The highest BCUT2D eigenvalue weighted by Crippen LogP contribution is 2.28. The number of piperidine rings is 2. The van der Waals surface area contributed by atoms with Crippen LogP contribution in [0, 0.1) is 5.92 Å². The molecule has 2 aliphatic heterocycles. The van der Waals surface area contributed by atoms with Crippen LogP contribution in [0.5, 0.6) is 0 Å². The van der Waals surface area contributed by atoms with E-state index in [2.05, 4.69) is 17.6 Å². The molecule has 0 aromatic carbocycles. The van der Waals surface area contributed by atoms with Gasteiger partial charge in [0.2, 0.25) is 5.91 Å². The minimum absolute atomic E-state index is 0.0607. The summed E-state index contributed by atoms with van der Waals surface area (Å²) in [6.07, 6.45) is 5.18. The van der Waals surface area contributed by atoms with E-state index >= 15 is 0 Å². The van der Waals surface area contributed by atoms with Crippen molar-refractivity contribution in [3.05, 3.63) is 0 Å². The lowest BCUT2D eigenvalue weighted by atomic mass is 9.88. The average Bonchev–Trinajstić information content (AvgIpc) is 2.62. The first-order valence-electron chi connectivity index (χ1n) is 9.38. The quantitative estimate of drug-likeness (QED) is 0.765. The topological polar surface area (TPSA) is 70.7 Å². The van der Waals surface area contributed by atoms with Crippen LogP contribution < -0.4 is 10.6 Å². The van der Waals surface area contributed by atoms with Crippen molar-refractivity contribution in [2.24, 2.45) is 5.92 Å². The van der Waals surface area contributed by atoms with E-state index < -0.39 is 5.60 Å². The molecule has 2 rings (SSSR count). The second-order valence-electron chi connectivity index (χ2n) is 7.24. The maximum absolute atomic E-state index is 13.0. The second-order valence-corrected chi connectivity index (χ2v) is 7.24. The Balaban J connectivity index is 1.96. The molecule has 2 aliphatic rings. The van der Waals surface area contributed by atoms with Crippen LogP contribution in [-0.2, 0) is 14.3 Å². The zero-order valence-corrected chi connectivity index (χ0v) is 15.4. The summed E-state index contributed by atoms with van der Waals surface area (Å²) in [6.45, 7) is 7.00. The first-order chi connectivity index (χ1) is 11.5. The van der Waals surface area contributed by atoms with Gasteiger partial charge < -0.3 is 20.3 Å². The van der Waals surface area contributed by atoms with Gasteiger partial charge in [-0.15, -0.1) is 0 Å².